The van der Waals surface area contributed by atoms with Gasteiger partial charge in [0, 0.05) is 12.4 Å². The molecule has 0 saturated heterocycles. The number of nitrogens with one attached hydrogen (secondary N) is 1. The number of nitrogens with zero attached hydrogens (tertiary/aromatic N) is 3. The van der Waals surface area contributed by atoms with Crippen LogP contribution in [0.2, 0.25) is 0 Å². The molecular weight excluding hydrogens is 252 g/mol. The molecule has 0 aliphatic rings. The Morgan fingerprint density at radius 1 is 1.25 bits per heavy atom. The Morgan fingerprint density at radius 3 is 2.75 bits per heavy atom. The first-order chi connectivity index (χ1) is 9.70. The molecule has 2 heterocycles. The molecule has 1 unspecified atom stereocenters. The molecule has 2 rings (SSSR count). The summed E-state index contributed by atoms with van der Waals surface area (Å²) in [6.45, 7) is 6.90. The average molecular weight is 272 g/mol. The van der Waals surface area contributed by atoms with Crippen molar-refractivity contribution in [2.75, 3.05) is 6.54 Å². The van der Waals surface area contributed by atoms with Gasteiger partial charge in [0.2, 0.25) is 0 Å². The van der Waals surface area contributed by atoms with Crippen molar-refractivity contribution in [2.45, 2.75) is 32.9 Å². The fourth-order valence-electron chi connectivity index (χ4n) is 2.00. The van der Waals surface area contributed by atoms with E-state index in [-0.39, 0.29) is 12.1 Å². The Bertz CT molecular complexity index is 530. The Kier molecular flexibility index (Phi) is 5.01. The molecule has 0 aliphatic carbocycles. The largest absolute Gasteiger partial charge is 0.489 e. The van der Waals surface area contributed by atoms with Crippen LogP contribution in [0.15, 0.2) is 37.1 Å². The first kappa shape index (κ1) is 14.4. The third-order valence-corrected chi connectivity index (χ3v) is 2.75. The van der Waals surface area contributed by atoms with Crippen molar-refractivity contribution in [3.8, 4) is 5.75 Å². The van der Waals surface area contributed by atoms with Gasteiger partial charge < -0.3 is 10.1 Å². The normalized spacial score (nSPS) is 12.4. The number of pyridine rings is 1. The van der Waals surface area contributed by atoms with Crippen molar-refractivity contribution in [3.05, 3.63) is 48.3 Å². The molecule has 0 aliphatic heterocycles. The van der Waals surface area contributed by atoms with E-state index in [1.807, 2.05) is 32.2 Å². The zero-order valence-electron chi connectivity index (χ0n) is 12.1. The summed E-state index contributed by atoms with van der Waals surface area (Å²) in [5.41, 5.74) is 1.95. The Hall–Kier alpha value is -2.01. The van der Waals surface area contributed by atoms with E-state index in [0.29, 0.717) is 0 Å². The fourth-order valence-corrected chi connectivity index (χ4v) is 2.00. The molecule has 106 valence electrons. The minimum atomic E-state index is -0.00814. The maximum atomic E-state index is 5.70. The summed E-state index contributed by atoms with van der Waals surface area (Å²) >= 11 is 0. The van der Waals surface area contributed by atoms with Crippen LogP contribution in [0, 0.1) is 0 Å². The second-order valence-corrected chi connectivity index (χ2v) is 4.75. The van der Waals surface area contributed by atoms with Crippen LogP contribution in [0.3, 0.4) is 0 Å². The molecule has 2 aromatic heterocycles. The summed E-state index contributed by atoms with van der Waals surface area (Å²) in [6.07, 6.45) is 6.99. The number of ether oxygens (including phenoxy) is 1. The highest BCUT2D eigenvalue weighted by Gasteiger charge is 2.15. The third-order valence-electron chi connectivity index (χ3n) is 2.75. The summed E-state index contributed by atoms with van der Waals surface area (Å²) < 4.78 is 5.70. The SMILES string of the molecule is CCNC(c1cncc(OC(C)C)c1)c1ccncn1. The van der Waals surface area contributed by atoms with Gasteiger partial charge in [-0.1, -0.05) is 6.92 Å². The van der Waals surface area contributed by atoms with E-state index in [2.05, 4.69) is 27.2 Å². The molecule has 1 N–H and O–H groups in total. The number of hydrogen-bond acceptors (Lipinski definition) is 5. The minimum absolute atomic E-state index is 0.00814. The average Bonchev–Trinajstić information content (AvgIpc) is 2.45. The lowest BCUT2D eigenvalue weighted by Crippen LogP contribution is -2.23. The first-order valence-corrected chi connectivity index (χ1v) is 6.81. The highest BCUT2D eigenvalue weighted by molar-refractivity contribution is 5.31. The Morgan fingerprint density at radius 2 is 2.10 bits per heavy atom. The molecule has 1 atom stereocenters. The van der Waals surface area contributed by atoms with Gasteiger partial charge in [-0.25, -0.2) is 9.97 Å². The number of hydrogen-bond donors (Lipinski definition) is 1. The zero-order chi connectivity index (χ0) is 14.4. The maximum absolute atomic E-state index is 5.70. The predicted octanol–water partition coefficient (Wildman–Crippen LogP) is 2.36. The van der Waals surface area contributed by atoms with Crippen LogP contribution in [0.1, 0.15) is 38.1 Å². The van der Waals surface area contributed by atoms with E-state index in [9.17, 15) is 0 Å². The predicted molar refractivity (Wildman–Crippen MR) is 77.6 cm³/mol. The van der Waals surface area contributed by atoms with Crippen LogP contribution in [0.25, 0.3) is 0 Å². The number of rotatable bonds is 6. The second kappa shape index (κ2) is 6.96. The molecule has 5 heteroatoms. The molecule has 2 aromatic rings. The van der Waals surface area contributed by atoms with Crippen molar-refractivity contribution in [1.82, 2.24) is 20.3 Å². The molecule has 0 aromatic carbocycles. The van der Waals surface area contributed by atoms with Gasteiger partial charge in [-0.15, -0.1) is 0 Å². The standard InChI is InChI=1S/C15H20N4O/c1-4-18-15(14-5-6-16-10-19-14)12-7-13(9-17-8-12)20-11(2)3/h5-11,15,18H,4H2,1-3H3. The van der Waals surface area contributed by atoms with Crippen LogP contribution in [-0.4, -0.2) is 27.6 Å². The van der Waals surface area contributed by atoms with Crippen LogP contribution in [0.5, 0.6) is 5.75 Å². The quantitative estimate of drug-likeness (QED) is 0.874. The number of aromatic nitrogens is 3. The van der Waals surface area contributed by atoms with Crippen molar-refractivity contribution >= 4 is 0 Å². The highest BCUT2D eigenvalue weighted by atomic mass is 16.5. The van der Waals surface area contributed by atoms with Crippen molar-refractivity contribution in [1.29, 1.82) is 0 Å². The van der Waals surface area contributed by atoms with Gasteiger partial charge in [-0.2, -0.15) is 0 Å². The molecule has 0 bridgehead atoms. The van der Waals surface area contributed by atoms with Gasteiger partial charge in [0.05, 0.1) is 24.0 Å². The van der Waals surface area contributed by atoms with Gasteiger partial charge in [0.15, 0.2) is 0 Å². The van der Waals surface area contributed by atoms with Crippen molar-refractivity contribution in [2.24, 2.45) is 0 Å². The van der Waals surface area contributed by atoms with Crippen molar-refractivity contribution in [3.63, 3.8) is 0 Å². The third kappa shape index (κ3) is 3.74. The molecule has 0 radical (unpaired) electrons. The van der Waals surface area contributed by atoms with E-state index >= 15 is 0 Å². The topological polar surface area (TPSA) is 59.9 Å². The van der Waals surface area contributed by atoms with E-state index in [1.165, 1.54) is 0 Å². The van der Waals surface area contributed by atoms with Gasteiger partial charge in [-0.3, -0.25) is 4.98 Å². The second-order valence-electron chi connectivity index (χ2n) is 4.75. The van der Waals surface area contributed by atoms with Gasteiger partial charge in [-0.05, 0) is 38.1 Å². The van der Waals surface area contributed by atoms with Crippen LogP contribution < -0.4 is 10.1 Å². The summed E-state index contributed by atoms with van der Waals surface area (Å²) in [4.78, 5) is 12.5. The molecule has 20 heavy (non-hydrogen) atoms. The van der Waals surface area contributed by atoms with E-state index in [0.717, 1.165) is 23.6 Å². The minimum Gasteiger partial charge on any atom is -0.489 e. The Balaban J connectivity index is 2.30. The lowest BCUT2D eigenvalue weighted by Gasteiger charge is -2.18. The summed E-state index contributed by atoms with van der Waals surface area (Å²) in [5, 5.41) is 3.41. The summed E-state index contributed by atoms with van der Waals surface area (Å²) in [7, 11) is 0. The molecule has 0 saturated carbocycles. The monoisotopic (exact) mass is 272 g/mol. The maximum Gasteiger partial charge on any atom is 0.138 e. The first-order valence-electron chi connectivity index (χ1n) is 6.81. The molecular formula is C15H20N4O. The molecule has 5 nitrogen and oxygen atoms in total. The van der Waals surface area contributed by atoms with E-state index in [1.54, 1.807) is 18.7 Å². The molecule has 0 fully saturated rings. The summed E-state index contributed by atoms with van der Waals surface area (Å²) in [5.74, 6) is 0.773. The summed E-state index contributed by atoms with van der Waals surface area (Å²) in [6, 6.07) is 3.90. The Labute approximate surface area is 119 Å². The van der Waals surface area contributed by atoms with Crippen molar-refractivity contribution < 1.29 is 4.74 Å². The smallest absolute Gasteiger partial charge is 0.138 e. The zero-order valence-corrected chi connectivity index (χ0v) is 12.1. The van der Waals surface area contributed by atoms with E-state index in [4.69, 9.17) is 4.74 Å². The lowest BCUT2D eigenvalue weighted by molar-refractivity contribution is 0.241. The van der Waals surface area contributed by atoms with Gasteiger partial charge in [0.1, 0.15) is 12.1 Å². The van der Waals surface area contributed by atoms with Gasteiger partial charge in [0.25, 0.3) is 0 Å². The van der Waals surface area contributed by atoms with E-state index < -0.39 is 0 Å². The lowest BCUT2D eigenvalue weighted by atomic mass is 10.1. The fraction of sp³-hybridized carbons (Fsp3) is 0.400. The van der Waals surface area contributed by atoms with Crippen LogP contribution in [0.4, 0.5) is 0 Å². The highest BCUT2D eigenvalue weighted by Crippen LogP contribution is 2.23. The van der Waals surface area contributed by atoms with Gasteiger partial charge >= 0.3 is 0 Å². The van der Waals surface area contributed by atoms with Crippen LogP contribution >= 0.6 is 0 Å². The van der Waals surface area contributed by atoms with Crippen LogP contribution in [-0.2, 0) is 0 Å². The molecule has 0 spiro atoms. The molecule has 0 amide bonds.